The summed E-state index contributed by atoms with van der Waals surface area (Å²) >= 11 is 1.05. The topological polar surface area (TPSA) is 323 Å². The SMILES string of the molecule is CC[C@H](C)[C@@H]1NC(=O)CNC(=O)C2Cc3c([nH]c4ccccc34)SCC(NC(=O)CNC1=O)C(=O)N[C@@H](CC(N)=O)C(=O)N1C[C@H](O)C[C@H]1C(=O)N[C@@H]([C@@H](C)[C@H](C)O)C(=O)N2. The molecule has 10 atom stereocenters. The van der Waals surface area contributed by atoms with Crippen molar-refractivity contribution in [3.8, 4) is 0 Å². The van der Waals surface area contributed by atoms with Gasteiger partial charge in [0.15, 0.2) is 0 Å². The van der Waals surface area contributed by atoms with Crippen LogP contribution >= 0.6 is 11.8 Å². The summed E-state index contributed by atoms with van der Waals surface area (Å²) in [7, 11) is 0. The molecule has 22 heteroatoms. The van der Waals surface area contributed by atoms with Gasteiger partial charge in [-0.2, -0.15) is 0 Å². The van der Waals surface area contributed by atoms with Crippen LogP contribution in [0.1, 0.15) is 52.5 Å². The van der Waals surface area contributed by atoms with Gasteiger partial charge in [-0.1, -0.05) is 45.4 Å². The zero-order valence-electron chi connectivity index (χ0n) is 34.2. The highest BCUT2D eigenvalue weighted by molar-refractivity contribution is 7.99. The van der Waals surface area contributed by atoms with E-state index in [0.29, 0.717) is 27.9 Å². The van der Waals surface area contributed by atoms with Crippen LogP contribution < -0.4 is 43.0 Å². The quantitative estimate of drug-likeness (QED) is 0.134. The van der Waals surface area contributed by atoms with Crippen molar-refractivity contribution < 1.29 is 53.4 Å². The lowest BCUT2D eigenvalue weighted by molar-refractivity contribution is -0.144. The van der Waals surface area contributed by atoms with Crippen LogP contribution in [0.15, 0.2) is 29.3 Å². The number of carbonyl (C=O) groups is 9. The molecule has 332 valence electrons. The second-order valence-corrected chi connectivity index (χ2v) is 16.8. The summed E-state index contributed by atoms with van der Waals surface area (Å²) in [5.41, 5.74) is 6.61. The fourth-order valence-electron chi connectivity index (χ4n) is 7.41. The molecule has 2 unspecified atom stereocenters. The number of aliphatic hydroxyl groups is 2. The maximum Gasteiger partial charge on any atom is 0.246 e. The molecule has 0 aliphatic carbocycles. The molecule has 9 amide bonds. The molecule has 4 heterocycles. The van der Waals surface area contributed by atoms with Crippen molar-refractivity contribution in [3.05, 3.63) is 29.8 Å². The number of thioether (sulfide) groups is 1. The number of nitrogens with one attached hydrogen (secondary N) is 8. The fourth-order valence-corrected chi connectivity index (χ4v) is 8.53. The number of carbonyl (C=O) groups excluding carboxylic acids is 9. The largest absolute Gasteiger partial charge is 0.393 e. The number of fused-ring (bicyclic) bond motifs is 5. The zero-order chi connectivity index (χ0) is 44.7. The molecule has 5 rings (SSSR count). The van der Waals surface area contributed by atoms with E-state index in [0.717, 1.165) is 16.7 Å². The van der Waals surface area contributed by atoms with Crippen LogP contribution in [-0.4, -0.2) is 147 Å². The zero-order valence-corrected chi connectivity index (χ0v) is 35.1. The highest BCUT2D eigenvalue weighted by Crippen LogP contribution is 2.32. The molecule has 0 radical (unpaired) electrons. The Kier molecular flexibility index (Phi) is 15.4. The first-order valence-electron chi connectivity index (χ1n) is 20.1. The van der Waals surface area contributed by atoms with Crippen LogP contribution in [0, 0.1) is 11.8 Å². The first kappa shape index (κ1) is 46.3. The van der Waals surface area contributed by atoms with Crippen molar-refractivity contribution in [2.75, 3.05) is 25.4 Å². The van der Waals surface area contributed by atoms with E-state index >= 15 is 0 Å². The van der Waals surface area contributed by atoms with Gasteiger partial charge in [-0.15, -0.1) is 11.8 Å². The first-order valence-corrected chi connectivity index (χ1v) is 21.1. The Bertz CT molecular complexity index is 2040. The van der Waals surface area contributed by atoms with Gasteiger partial charge in [-0.3, -0.25) is 43.2 Å². The Hall–Kier alpha value is -5.74. The number of para-hydroxylation sites is 1. The Morgan fingerprint density at radius 3 is 2.18 bits per heavy atom. The minimum Gasteiger partial charge on any atom is -0.393 e. The van der Waals surface area contributed by atoms with Gasteiger partial charge >= 0.3 is 0 Å². The monoisotopic (exact) mass is 870 g/mol. The van der Waals surface area contributed by atoms with Crippen LogP contribution in [0.3, 0.4) is 0 Å². The second kappa shape index (κ2) is 20.2. The lowest BCUT2D eigenvalue weighted by atomic mass is 9.94. The number of rotatable bonds is 6. The van der Waals surface area contributed by atoms with E-state index in [2.05, 4.69) is 42.2 Å². The molecule has 21 nitrogen and oxygen atoms in total. The summed E-state index contributed by atoms with van der Waals surface area (Å²) in [6.45, 7) is 4.70. The molecular formula is C39H54N10O11S. The maximum atomic E-state index is 14.4. The molecule has 12 N–H and O–H groups in total. The summed E-state index contributed by atoms with van der Waals surface area (Å²) in [4.78, 5) is 128. The summed E-state index contributed by atoms with van der Waals surface area (Å²) in [5.74, 6) is -9.52. The molecule has 61 heavy (non-hydrogen) atoms. The van der Waals surface area contributed by atoms with E-state index in [1.165, 1.54) is 13.8 Å². The minimum atomic E-state index is -1.68. The molecular weight excluding hydrogens is 817 g/mol. The maximum absolute atomic E-state index is 14.4. The summed E-state index contributed by atoms with van der Waals surface area (Å²) in [6.07, 6.45) is -3.26. The Labute approximate surface area is 355 Å². The highest BCUT2D eigenvalue weighted by atomic mass is 32.2. The average Bonchev–Trinajstić information content (AvgIpc) is 3.78. The second-order valence-electron chi connectivity index (χ2n) is 15.8. The summed E-state index contributed by atoms with van der Waals surface area (Å²) in [6, 6.07) is -1.66. The first-order chi connectivity index (χ1) is 28.9. The molecule has 2 aromatic rings. The Morgan fingerprint density at radius 2 is 1.51 bits per heavy atom. The molecule has 2 bridgehead atoms. The van der Waals surface area contributed by atoms with Gasteiger partial charge in [-0.05, 0) is 24.5 Å². The van der Waals surface area contributed by atoms with E-state index in [1.54, 1.807) is 38.1 Å². The van der Waals surface area contributed by atoms with Crippen LogP contribution in [0.5, 0.6) is 0 Å². The number of aromatic amines is 1. The molecule has 1 aromatic heterocycles. The van der Waals surface area contributed by atoms with Crippen molar-refractivity contribution in [1.82, 2.24) is 47.1 Å². The predicted molar refractivity (Wildman–Crippen MR) is 219 cm³/mol. The van der Waals surface area contributed by atoms with Gasteiger partial charge in [0.1, 0.15) is 36.3 Å². The molecule has 3 aliphatic heterocycles. The van der Waals surface area contributed by atoms with E-state index in [4.69, 9.17) is 5.73 Å². The Morgan fingerprint density at radius 1 is 0.836 bits per heavy atom. The van der Waals surface area contributed by atoms with Crippen LogP contribution in [0.25, 0.3) is 10.9 Å². The molecule has 0 spiro atoms. The number of hydrogen-bond donors (Lipinski definition) is 11. The van der Waals surface area contributed by atoms with Crippen molar-refractivity contribution >= 4 is 75.8 Å². The summed E-state index contributed by atoms with van der Waals surface area (Å²) < 4.78 is 0. The highest BCUT2D eigenvalue weighted by Gasteiger charge is 2.44. The minimum absolute atomic E-state index is 0.214. The summed E-state index contributed by atoms with van der Waals surface area (Å²) in [5, 5.41) is 40.3. The van der Waals surface area contributed by atoms with Crippen molar-refractivity contribution in [2.45, 2.75) is 107 Å². The number of nitrogens with two attached hydrogens (primary N) is 1. The van der Waals surface area contributed by atoms with Crippen molar-refractivity contribution in [2.24, 2.45) is 17.6 Å². The van der Waals surface area contributed by atoms with Gasteiger partial charge in [-0.25, -0.2) is 0 Å². The number of benzene rings is 1. The molecule has 3 aliphatic rings. The third-order valence-electron chi connectivity index (χ3n) is 11.3. The molecule has 1 aromatic carbocycles. The lowest BCUT2D eigenvalue weighted by Crippen LogP contribution is -2.61. The van der Waals surface area contributed by atoms with Gasteiger partial charge in [0.2, 0.25) is 53.2 Å². The number of hydrogen-bond acceptors (Lipinski definition) is 12. The normalized spacial score (nSPS) is 28.1. The molecule has 1 fully saturated rings. The number of aliphatic hydroxyl groups excluding tert-OH is 2. The van der Waals surface area contributed by atoms with Crippen LogP contribution in [0.2, 0.25) is 0 Å². The van der Waals surface area contributed by atoms with Gasteiger partial charge in [0.05, 0.1) is 36.7 Å². The number of aromatic nitrogens is 1. The van der Waals surface area contributed by atoms with Gasteiger partial charge in [0.25, 0.3) is 0 Å². The average molecular weight is 871 g/mol. The third kappa shape index (κ3) is 11.4. The third-order valence-corrected chi connectivity index (χ3v) is 12.4. The van der Waals surface area contributed by atoms with E-state index in [9.17, 15) is 53.4 Å². The van der Waals surface area contributed by atoms with E-state index in [1.807, 2.05) is 0 Å². The molecule has 1 saturated heterocycles. The fraction of sp³-hybridized carbons (Fsp3) is 0.564. The lowest BCUT2D eigenvalue weighted by Gasteiger charge is -2.32. The number of amides is 9. The van der Waals surface area contributed by atoms with Crippen LogP contribution in [0.4, 0.5) is 0 Å². The number of primary amides is 1. The van der Waals surface area contributed by atoms with Crippen molar-refractivity contribution in [3.63, 3.8) is 0 Å². The number of H-pyrrole nitrogens is 1. The predicted octanol–water partition coefficient (Wildman–Crippen LogP) is -3.61. The standard InChI is InChI=1S/C39H54N10O11S/c1-5-17(2)31-36(58)42-13-29(53)43-26-16-61-38-22(21-8-6-7-9-23(21)46-38)11-24(33(55)41-14-30(54)47-31)44-37(59)32(18(3)19(4)50)48-35(57)27-10-20(51)15-49(27)39(60)25(12-28(40)52)45-34(26)56/h6-9,17-20,24-27,31-32,46,50-51H,5,10-16H2,1-4H3,(H2,40,52)(H,41,55)(H,42,58)(H,43,53)(H,44,59)(H,45,56)(H,47,54)(H,48,57)/t17-,18-,19-,20+,24?,25-,26?,27-,31-,32-/m0/s1. The number of nitrogens with zero attached hydrogens (tertiary/aromatic N) is 1. The van der Waals surface area contributed by atoms with Gasteiger partial charge in [0, 0.05) is 42.0 Å². The van der Waals surface area contributed by atoms with E-state index < -0.39 is 140 Å². The van der Waals surface area contributed by atoms with Crippen LogP contribution in [-0.2, 0) is 49.6 Å². The van der Waals surface area contributed by atoms with Gasteiger partial charge < -0.3 is 63.0 Å². The van der Waals surface area contributed by atoms with E-state index in [-0.39, 0.29) is 18.6 Å². The van der Waals surface area contributed by atoms with Crippen molar-refractivity contribution in [1.29, 1.82) is 0 Å². The Balaban J connectivity index is 1.68. The smallest absolute Gasteiger partial charge is 0.246 e. The molecule has 0 saturated carbocycles.